The van der Waals surface area contributed by atoms with Crippen LogP contribution in [0.1, 0.15) is 57.2 Å². The van der Waals surface area contributed by atoms with Crippen LogP contribution < -0.4 is 5.32 Å². The molecule has 158 valence electrons. The molecule has 0 spiro atoms. The third-order valence-electron chi connectivity index (χ3n) is 4.80. The van der Waals surface area contributed by atoms with E-state index < -0.39 is 12.1 Å². The smallest absolute Gasteiger partial charge is 0.338 e. The third-order valence-corrected chi connectivity index (χ3v) is 5.90. The highest BCUT2D eigenvalue weighted by atomic mass is 32.1. The average Bonchev–Trinajstić information content (AvgIpc) is 3.35. The van der Waals surface area contributed by atoms with Crippen LogP contribution in [0.2, 0.25) is 0 Å². The van der Waals surface area contributed by atoms with Gasteiger partial charge in [0.2, 0.25) is 17.6 Å². The van der Waals surface area contributed by atoms with Crippen molar-refractivity contribution >= 4 is 34.9 Å². The first-order valence-electron chi connectivity index (χ1n) is 9.78. The van der Waals surface area contributed by atoms with E-state index in [0.29, 0.717) is 30.0 Å². The minimum atomic E-state index is -0.924. The van der Waals surface area contributed by atoms with Crippen LogP contribution in [0.15, 0.2) is 36.4 Å². The predicted molar refractivity (Wildman–Crippen MR) is 112 cm³/mol. The maximum Gasteiger partial charge on any atom is 0.338 e. The summed E-state index contributed by atoms with van der Waals surface area (Å²) in [6.07, 6.45) is 0.551. The van der Waals surface area contributed by atoms with E-state index in [1.54, 1.807) is 48.2 Å². The highest BCUT2D eigenvalue weighted by Gasteiger charge is 2.23. The number of carbonyl (C=O) groups is 4. The molecule has 2 amide bonds. The van der Waals surface area contributed by atoms with Crippen molar-refractivity contribution < 1.29 is 23.9 Å². The number of Topliss-reactive ketones (excluding diaryl/α,β-unsaturated/α-hetero) is 1. The number of nitrogens with one attached hydrogen (secondary N) is 1. The molecule has 30 heavy (non-hydrogen) atoms. The third kappa shape index (κ3) is 5.54. The van der Waals surface area contributed by atoms with Gasteiger partial charge in [-0.05, 0) is 43.2 Å². The number of esters is 1. The topological polar surface area (TPSA) is 92.8 Å². The summed E-state index contributed by atoms with van der Waals surface area (Å²) in [7, 11) is 0. The van der Waals surface area contributed by atoms with Crippen molar-refractivity contribution in [3.05, 3.63) is 57.3 Å². The van der Waals surface area contributed by atoms with Gasteiger partial charge in [0.1, 0.15) is 0 Å². The Labute approximate surface area is 179 Å². The zero-order valence-electron chi connectivity index (χ0n) is 17.0. The Hall–Kier alpha value is -3.00. The van der Waals surface area contributed by atoms with Crippen molar-refractivity contribution in [1.29, 1.82) is 0 Å². The lowest BCUT2D eigenvalue weighted by Crippen LogP contribution is -2.24. The number of ether oxygens (including phenoxy) is 1. The van der Waals surface area contributed by atoms with Gasteiger partial charge < -0.3 is 15.0 Å². The molecule has 7 nitrogen and oxygen atoms in total. The lowest BCUT2D eigenvalue weighted by atomic mass is 10.1. The molecule has 1 aromatic carbocycles. The molecule has 2 aromatic rings. The number of nitrogens with zero attached hydrogens (tertiary/aromatic N) is 1. The Kier molecular flexibility index (Phi) is 6.99. The van der Waals surface area contributed by atoms with E-state index in [0.717, 1.165) is 23.4 Å². The van der Waals surface area contributed by atoms with Gasteiger partial charge in [-0.15, -0.1) is 11.3 Å². The maximum atomic E-state index is 12.5. The van der Waals surface area contributed by atoms with Crippen LogP contribution in [0.3, 0.4) is 0 Å². The molecule has 2 heterocycles. The number of likely N-dealkylation sites (tertiary alicyclic amines) is 1. The first-order valence-corrected chi connectivity index (χ1v) is 10.6. The Balaban J connectivity index is 1.55. The average molecular weight is 429 g/mol. The second kappa shape index (κ2) is 9.67. The van der Waals surface area contributed by atoms with Crippen LogP contribution in [0.4, 0.5) is 0 Å². The molecule has 1 aliphatic rings. The number of ketones is 1. The maximum absolute atomic E-state index is 12.5. The van der Waals surface area contributed by atoms with Gasteiger partial charge in [-0.2, -0.15) is 0 Å². The highest BCUT2D eigenvalue weighted by Crippen LogP contribution is 2.20. The fraction of sp³-hybridized carbons (Fsp3) is 0.364. The van der Waals surface area contributed by atoms with E-state index in [2.05, 4.69) is 5.32 Å². The molecule has 1 aromatic heterocycles. The summed E-state index contributed by atoms with van der Waals surface area (Å²) in [6.45, 7) is 4.62. The normalized spacial score (nSPS) is 14.5. The second-order valence-electron chi connectivity index (χ2n) is 7.20. The fourth-order valence-corrected chi connectivity index (χ4v) is 4.10. The number of thiophene rings is 1. The summed E-state index contributed by atoms with van der Waals surface area (Å²) in [5, 5.41) is 2.68. The Bertz CT molecular complexity index is 951. The van der Waals surface area contributed by atoms with E-state index in [4.69, 9.17) is 4.74 Å². The summed E-state index contributed by atoms with van der Waals surface area (Å²) in [5.41, 5.74) is 1.29. The molecule has 1 unspecified atom stereocenters. The number of carbonyl (C=O) groups excluding carboxylic acids is 4. The van der Waals surface area contributed by atoms with Gasteiger partial charge in [0.15, 0.2) is 6.10 Å². The molecule has 0 bridgehead atoms. The molecule has 1 saturated heterocycles. The predicted octanol–water partition coefficient (Wildman–Crippen LogP) is 2.93. The molecular formula is C22H24N2O5S. The highest BCUT2D eigenvalue weighted by molar-refractivity contribution is 7.14. The lowest BCUT2D eigenvalue weighted by molar-refractivity contribution is -0.128. The molecule has 0 radical (unpaired) electrons. The van der Waals surface area contributed by atoms with Crippen molar-refractivity contribution in [3.8, 4) is 0 Å². The van der Waals surface area contributed by atoms with Crippen LogP contribution >= 0.6 is 11.3 Å². The van der Waals surface area contributed by atoms with Crippen LogP contribution in [0, 0.1) is 0 Å². The van der Waals surface area contributed by atoms with Crippen molar-refractivity contribution in [2.45, 2.75) is 45.9 Å². The van der Waals surface area contributed by atoms with Gasteiger partial charge in [0, 0.05) is 31.3 Å². The first kappa shape index (κ1) is 21.7. The van der Waals surface area contributed by atoms with Gasteiger partial charge in [-0.3, -0.25) is 14.4 Å². The van der Waals surface area contributed by atoms with E-state index in [1.165, 1.54) is 18.3 Å². The molecule has 1 fully saturated rings. The van der Waals surface area contributed by atoms with Gasteiger partial charge in [-0.25, -0.2) is 4.79 Å². The molecule has 1 aliphatic heterocycles. The summed E-state index contributed by atoms with van der Waals surface area (Å²) in [6, 6.07) is 10.3. The van der Waals surface area contributed by atoms with Crippen LogP contribution in [0.25, 0.3) is 0 Å². The monoisotopic (exact) mass is 428 g/mol. The number of rotatable bonds is 8. The van der Waals surface area contributed by atoms with E-state index >= 15 is 0 Å². The van der Waals surface area contributed by atoms with E-state index in [1.807, 2.05) is 0 Å². The quantitative estimate of drug-likeness (QED) is 0.516. The number of hydrogen-bond donors (Lipinski definition) is 1. The van der Waals surface area contributed by atoms with Crippen LogP contribution in [-0.4, -0.2) is 41.1 Å². The number of hydrogen-bond acceptors (Lipinski definition) is 6. The lowest BCUT2D eigenvalue weighted by Gasteiger charge is -2.16. The molecule has 1 N–H and O–H groups in total. The zero-order chi connectivity index (χ0) is 21.7. The summed E-state index contributed by atoms with van der Waals surface area (Å²) >= 11 is 1.26. The summed E-state index contributed by atoms with van der Waals surface area (Å²) < 4.78 is 5.33. The van der Waals surface area contributed by atoms with Crippen LogP contribution in [0.5, 0.6) is 0 Å². The van der Waals surface area contributed by atoms with Crippen molar-refractivity contribution in [1.82, 2.24) is 10.2 Å². The SMILES string of the molecule is CC(=O)NCc1ccc(C(=O)C(C)OC(=O)c2ccc(CN3CCCC3=O)cc2)s1. The number of amides is 2. The molecule has 3 rings (SSSR count). The molecule has 8 heteroatoms. The minimum Gasteiger partial charge on any atom is -0.451 e. The van der Waals surface area contributed by atoms with E-state index in [-0.39, 0.29) is 17.6 Å². The molecule has 1 atom stereocenters. The number of benzene rings is 1. The van der Waals surface area contributed by atoms with Gasteiger partial charge >= 0.3 is 5.97 Å². The second-order valence-corrected chi connectivity index (χ2v) is 8.37. The Morgan fingerprint density at radius 1 is 1.17 bits per heavy atom. The van der Waals surface area contributed by atoms with Crippen molar-refractivity contribution in [3.63, 3.8) is 0 Å². The molecule has 0 aliphatic carbocycles. The summed E-state index contributed by atoms with van der Waals surface area (Å²) in [4.78, 5) is 50.8. The van der Waals surface area contributed by atoms with Crippen molar-refractivity contribution in [2.24, 2.45) is 0 Å². The standard InChI is InChI=1S/C22H24N2O5S/c1-14(21(27)19-10-9-18(30-19)12-23-15(2)25)29-22(28)17-7-5-16(6-8-17)13-24-11-3-4-20(24)26/h5-10,14H,3-4,11-13H2,1-2H3,(H,23,25). The Morgan fingerprint density at radius 2 is 1.90 bits per heavy atom. The van der Waals surface area contributed by atoms with Gasteiger partial charge in [0.05, 0.1) is 17.0 Å². The Morgan fingerprint density at radius 3 is 2.53 bits per heavy atom. The summed E-state index contributed by atoms with van der Waals surface area (Å²) in [5.74, 6) is -0.850. The zero-order valence-corrected chi connectivity index (χ0v) is 17.8. The molecular weight excluding hydrogens is 404 g/mol. The molecule has 0 saturated carbocycles. The van der Waals surface area contributed by atoms with Crippen molar-refractivity contribution in [2.75, 3.05) is 6.54 Å². The van der Waals surface area contributed by atoms with Gasteiger partial charge in [-0.1, -0.05) is 12.1 Å². The van der Waals surface area contributed by atoms with Gasteiger partial charge in [0.25, 0.3) is 0 Å². The fourth-order valence-electron chi connectivity index (χ4n) is 3.14. The largest absolute Gasteiger partial charge is 0.451 e. The van der Waals surface area contributed by atoms with Crippen LogP contribution in [-0.2, 0) is 27.4 Å². The first-order chi connectivity index (χ1) is 14.3. The van der Waals surface area contributed by atoms with E-state index in [9.17, 15) is 19.2 Å². The minimum absolute atomic E-state index is 0.142.